The fourth-order valence-corrected chi connectivity index (χ4v) is 3.51. The Morgan fingerprint density at radius 1 is 1.00 bits per heavy atom. The van der Waals surface area contributed by atoms with Gasteiger partial charge in [0, 0.05) is 38.6 Å². The molecule has 2 aromatic rings. The summed E-state index contributed by atoms with van der Waals surface area (Å²) in [7, 11) is -2.72. The molecular formula is C20H24N4O7S. The third kappa shape index (κ3) is 7.11. The van der Waals surface area contributed by atoms with Crippen molar-refractivity contribution in [3.63, 3.8) is 0 Å². The standard InChI is InChI=1S/C20H24N4O7S/c1-31-11-3-8-21-18(26)14-4-2-5-16(12-14)32(29,30)24-19(27)15-6-7-17(23-13-15)20(28)22-9-10-25/h2,4-7,12-13,25H,3,8-11H2,1H3,(H,21,26)(H,22,28)(H,24,27). The van der Waals surface area contributed by atoms with Crippen LogP contribution in [0.2, 0.25) is 0 Å². The van der Waals surface area contributed by atoms with E-state index in [2.05, 4.69) is 15.6 Å². The second-order valence-corrected chi connectivity index (χ2v) is 8.16. The minimum atomic E-state index is -4.27. The van der Waals surface area contributed by atoms with Crippen molar-refractivity contribution in [1.29, 1.82) is 0 Å². The Bertz CT molecular complexity index is 1060. The molecule has 4 N–H and O–H groups in total. The Balaban J connectivity index is 2.06. The van der Waals surface area contributed by atoms with Crippen LogP contribution < -0.4 is 15.4 Å². The van der Waals surface area contributed by atoms with E-state index < -0.39 is 27.7 Å². The molecule has 1 heterocycles. The van der Waals surface area contributed by atoms with E-state index in [0.29, 0.717) is 19.6 Å². The average molecular weight is 465 g/mol. The van der Waals surface area contributed by atoms with Crippen LogP contribution in [-0.4, -0.2) is 69.6 Å². The predicted octanol–water partition coefficient (Wildman–Crippen LogP) is -0.311. The quantitative estimate of drug-likeness (QED) is 0.329. The second-order valence-electron chi connectivity index (χ2n) is 6.48. The summed E-state index contributed by atoms with van der Waals surface area (Å²) in [6.45, 7) is 0.650. The Hall–Kier alpha value is -3.35. The number of sulfonamides is 1. The Labute approximate surface area is 185 Å². The highest BCUT2D eigenvalue weighted by Gasteiger charge is 2.21. The highest BCUT2D eigenvalue weighted by Crippen LogP contribution is 2.13. The summed E-state index contributed by atoms with van der Waals surface area (Å²) in [6.07, 6.45) is 1.66. The Morgan fingerprint density at radius 2 is 1.75 bits per heavy atom. The van der Waals surface area contributed by atoms with Gasteiger partial charge in [0.2, 0.25) is 0 Å². The van der Waals surface area contributed by atoms with Crippen LogP contribution in [0.4, 0.5) is 0 Å². The molecule has 172 valence electrons. The Morgan fingerprint density at radius 3 is 2.41 bits per heavy atom. The molecule has 0 bridgehead atoms. The molecule has 0 aliphatic rings. The van der Waals surface area contributed by atoms with Gasteiger partial charge in [-0.25, -0.2) is 13.1 Å². The summed E-state index contributed by atoms with van der Waals surface area (Å²) in [5.74, 6) is -1.95. The molecule has 3 amide bonds. The van der Waals surface area contributed by atoms with E-state index in [1.165, 1.54) is 30.3 Å². The molecule has 0 aliphatic heterocycles. The van der Waals surface area contributed by atoms with Crippen LogP contribution in [-0.2, 0) is 14.8 Å². The predicted molar refractivity (Wildman–Crippen MR) is 114 cm³/mol. The topological polar surface area (TPSA) is 164 Å². The van der Waals surface area contributed by atoms with E-state index in [1.54, 1.807) is 7.11 Å². The molecule has 0 unspecified atom stereocenters. The summed E-state index contributed by atoms with van der Waals surface area (Å²) in [5, 5.41) is 13.8. The first-order valence-electron chi connectivity index (χ1n) is 9.58. The van der Waals surface area contributed by atoms with E-state index in [4.69, 9.17) is 9.84 Å². The van der Waals surface area contributed by atoms with Crippen LogP contribution in [0.5, 0.6) is 0 Å². The number of aliphatic hydroxyl groups excluding tert-OH is 1. The van der Waals surface area contributed by atoms with Crippen molar-refractivity contribution in [2.45, 2.75) is 11.3 Å². The number of benzene rings is 1. The zero-order chi connectivity index (χ0) is 23.6. The van der Waals surface area contributed by atoms with Crippen molar-refractivity contribution in [3.05, 3.63) is 59.4 Å². The van der Waals surface area contributed by atoms with Crippen LogP contribution in [0.1, 0.15) is 37.6 Å². The molecule has 32 heavy (non-hydrogen) atoms. The molecule has 0 atom stereocenters. The van der Waals surface area contributed by atoms with Gasteiger partial charge >= 0.3 is 0 Å². The van der Waals surface area contributed by atoms with Crippen molar-refractivity contribution in [2.24, 2.45) is 0 Å². The SMILES string of the molecule is COCCCNC(=O)c1cccc(S(=O)(=O)NC(=O)c2ccc(C(=O)NCCO)nc2)c1. The number of carbonyl (C=O) groups excluding carboxylic acids is 3. The minimum Gasteiger partial charge on any atom is -0.395 e. The summed E-state index contributed by atoms with van der Waals surface area (Å²) < 4.78 is 32.0. The van der Waals surface area contributed by atoms with Crippen molar-refractivity contribution in [1.82, 2.24) is 20.3 Å². The number of amides is 3. The van der Waals surface area contributed by atoms with Gasteiger partial charge < -0.3 is 20.5 Å². The van der Waals surface area contributed by atoms with E-state index in [9.17, 15) is 22.8 Å². The number of nitrogens with one attached hydrogen (secondary N) is 3. The van der Waals surface area contributed by atoms with E-state index in [0.717, 1.165) is 12.3 Å². The van der Waals surface area contributed by atoms with Gasteiger partial charge in [0.1, 0.15) is 5.69 Å². The number of hydrogen-bond donors (Lipinski definition) is 4. The minimum absolute atomic E-state index is 0.00192. The van der Waals surface area contributed by atoms with Crippen molar-refractivity contribution >= 4 is 27.7 Å². The van der Waals surface area contributed by atoms with E-state index in [1.807, 2.05) is 4.72 Å². The van der Waals surface area contributed by atoms with Gasteiger partial charge in [-0.2, -0.15) is 0 Å². The number of aliphatic hydroxyl groups is 1. The normalized spacial score (nSPS) is 10.9. The number of carbonyl (C=O) groups is 3. The summed E-state index contributed by atoms with van der Waals surface area (Å²) in [5.41, 5.74) is 0.0408. The molecule has 11 nitrogen and oxygen atoms in total. The molecule has 1 aromatic heterocycles. The molecule has 0 fully saturated rings. The van der Waals surface area contributed by atoms with Crippen LogP contribution in [0.25, 0.3) is 0 Å². The average Bonchev–Trinajstić information content (AvgIpc) is 2.80. The Kier molecular flexibility index (Phi) is 9.25. The summed E-state index contributed by atoms with van der Waals surface area (Å²) in [6, 6.07) is 7.76. The number of hydrogen-bond acceptors (Lipinski definition) is 8. The number of aromatic nitrogens is 1. The monoisotopic (exact) mass is 464 g/mol. The first-order chi connectivity index (χ1) is 15.3. The van der Waals surface area contributed by atoms with E-state index in [-0.39, 0.29) is 34.9 Å². The maximum Gasteiger partial charge on any atom is 0.269 e. The highest BCUT2D eigenvalue weighted by atomic mass is 32.2. The van der Waals surface area contributed by atoms with Gasteiger partial charge in [-0.1, -0.05) is 6.07 Å². The van der Waals surface area contributed by atoms with Gasteiger partial charge in [-0.15, -0.1) is 0 Å². The van der Waals surface area contributed by atoms with Crippen molar-refractivity contribution < 1.29 is 32.6 Å². The second kappa shape index (κ2) is 11.9. The maximum absolute atomic E-state index is 12.6. The number of methoxy groups -OCH3 is 1. The number of rotatable bonds is 11. The third-order valence-corrected chi connectivity index (χ3v) is 5.43. The third-order valence-electron chi connectivity index (χ3n) is 4.10. The smallest absolute Gasteiger partial charge is 0.269 e. The van der Waals surface area contributed by atoms with Crippen LogP contribution >= 0.6 is 0 Å². The van der Waals surface area contributed by atoms with Crippen molar-refractivity contribution in [2.75, 3.05) is 33.4 Å². The largest absolute Gasteiger partial charge is 0.395 e. The molecule has 12 heteroatoms. The molecule has 1 aromatic carbocycles. The molecular weight excluding hydrogens is 440 g/mol. The van der Waals surface area contributed by atoms with Gasteiger partial charge in [0.15, 0.2) is 0 Å². The molecule has 2 rings (SSSR count). The van der Waals surface area contributed by atoms with Gasteiger partial charge in [-0.05, 0) is 36.8 Å². The van der Waals surface area contributed by atoms with Crippen molar-refractivity contribution in [3.8, 4) is 0 Å². The highest BCUT2D eigenvalue weighted by molar-refractivity contribution is 7.90. The van der Waals surface area contributed by atoms with E-state index >= 15 is 0 Å². The van der Waals surface area contributed by atoms with Gasteiger partial charge in [0.05, 0.1) is 17.1 Å². The lowest BCUT2D eigenvalue weighted by molar-refractivity contribution is 0.0933. The molecule has 0 saturated carbocycles. The molecule has 0 aliphatic carbocycles. The number of nitrogens with zero attached hydrogens (tertiary/aromatic N) is 1. The lowest BCUT2D eigenvalue weighted by atomic mass is 10.2. The fourth-order valence-electron chi connectivity index (χ4n) is 2.49. The first kappa shape index (κ1) is 24.9. The van der Waals surface area contributed by atoms with Crippen LogP contribution in [0.15, 0.2) is 47.5 Å². The van der Waals surface area contributed by atoms with Gasteiger partial charge in [0.25, 0.3) is 27.7 Å². The summed E-state index contributed by atoms with van der Waals surface area (Å²) in [4.78, 5) is 39.9. The maximum atomic E-state index is 12.6. The summed E-state index contributed by atoms with van der Waals surface area (Å²) >= 11 is 0. The van der Waals surface area contributed by atoms with Crippen LogP contribution in [0, 0.1) is 0 Å². The first-order valence-corrected chi connectivity index (χ1v) is 11.1. The van der Waals surface area contributed by atoms with Gasteiger partial charge in [-0.3, -0.25) is 19.4 Å². The lowest BCUT2D eigenvalue weighted by Gasteiger charge is -2.09. The fraction of sp³-hybridized carbons (Fsp3) is 0.300. The zero-order valence-electron chi connectivity index (χ0n) is 17.3. The molecule has 0 saturated heterocycles. The number of pyridine rings is 1. The molecule has 0 spiro atoms. The molecule has 0 radical (unpaired) electrons. The number of ether oxygens (including phenoxy) is 1. The van der Waals surface area contributed by atoms with Crippen LogP contribution in [0.3, 0.4) is 0 Å². The lowest BCUT2D eigenvalue weighted by Crippen LogP contribution is -2.31. The zero-order valence-corrected chi connectivity index (χ0v) is 18.1.